The molecule has 1 unspecified atom stereocenters. The number of rotatable bonds is 6. The zero-order valence-electron chi connectivity index (χ0n) is 9.91. The van der Waals surface area contributed by atoms with Crippen molar-refractivity contribution < 1.29 is 27.8 Å². The Morgan fingerprint density at radius 3 is 2.56 bits per heavy atom. The summed E-state index contributed by atoms with van der Waals surface area (Å²) in [5.41, 5.74) is 0.493. The van der Waals surface area contributed by atoms with Gasteiger partial charge in [0.1, 0.15) is 11.9 Å². The monoisotopic (exact) mass is 264 g/mol. The quantitative estimate of drug-likeness (QED) is 0.803. The Morgan fingerprint density at radius 1 is 1.28 bits per heavy atom. The summed E-state index contributed by atoms with van der Waals surface area (Å²) in [6, 6.07) is 6.74. The van der Waals surface area contributed by atoms with Crippen LogP contribution in [-0.4, -0.2) is 31.6 Å². The molecule has 1 aromatic rings. The van der Waals surface area contributed by atoms with Gasteiger partial charge in [-0.15, -0.1) is 0 Å². The molecule has 1 aromatic carbocycles. The van der Waals surface area contributed by atoms with Crippen LogP contribution in [0.3, 0.4) is 0 Å². The average molecular weight is 264 g/mol. The Balaban J connectivity index is 2.43. The molecule has 18 heavy (non-hydrogen) atoms. The topological polar surface area (TPSA) is 38.7 Å². The summed E-state index contributed by atoms with van der Waals surface area (Å²) in [7, 11) is 1.45. The van der Waals surface area contributed by atoms with Gasteiger partial charge >= 0.3 is 6.18 Å². The number of hydrogen-bond acceptors (Lipinski definition) is 3. The fraction of sp³-hybridized carbons (Fsp3) is 0.500. The molecule has 6 heteroatoms. The van der Waals surface area contributed by atoms with E-state index < -0.39 is 25.3 Å². The van der Waals surface area contributed by atoms with Crippen LogP contribution in [-0.2, 0) is 4.74 Å². The molecule has 0 amide bonds. The van der Waals surface area contributed by atoms with Crippen molar-refractivity contribution in [3.05, 3.63) is 29.8 Å². The Morgan fingerprint density at radius 2 is 1.94 bits per heavy atom. The zero-order valence-corrected chi connectivity index (χ0v) is 9.91. The highest BCUT2D eigenvalue weighted by Crippen LogP contribution is 2.25. The lowest BCUT2D eigenvalue weighted by Crippen LogP contribution is -2.14. The molecule has 0 heterocycles. The third-order valence-corrected chi connectivity index (χ3v) is 2.30. The number of aliphatic hydroxyl groups excluding tert-OH is 1. The van der Waals surface area contributed by atoms with E-state index >= 15 is 0 Å². The van der Waals surface area contributed by atoms with Crippen molar-refractivity contribution >= 4 is 0 Å². The number of hydrogen-bond donors (Lipinski definition) is 1. The smallest absolute Gasteiger partial charge is 0.391 e. The largest absolute Gasteiger partial charge is 0.496 e. The predicted octanol–water partition coefficient (Wildman–Crippen LogP) is 2.70. The maximum Gasteiger partial charge on any atom is 0.391 e. The van der Waals surface area contributed by atoms with Crippen LogP contribution in [0.1, 0.15) is 18.1 Å². The van der Waals surface area contributed by atoms with E-state index in [-0.39, 0.29) is 6.61 Å². The van der Waals surface area contributed by atoms with Crippen molar-refractivity contribution in [3.63, 3.8) is 0 Å². The van der Waals surface area contributed by atoms with Gasteiger partial charge in [0, 0.05) is 5.56 Å². The summed E-state index contributed by atoms with van der Waals surface area (Å²) >= 11 is 0. The van der Waals surface area contributed by atoms with Gasteiger partial charge in [0.05, 0.1) is 26.7 Å². The Kier molecular flexibility index (Phi) is 5.43. The normalized spacial score (nSPS) is 13.4. The minimum absolute atomic E-state index is 0.198. The molecule has 0 aromatic heterocycles. The Hall–Kier alpha value is -1.27. The molecule has 102 valence electrons. The van der Waals surface area contributed by atoms with Crippen LogP contribution in [0.5, 0.6) is 5.75 Å². The number of ether oxygens (including phenoxy) is 2. The fourth-order valence-electron chi connectivity index (χ4n) is 1.41. The molecule has 0 aliphatic rings. The molecule has 1 N–H and O–H groups in total. The summed E-state index contributed by atoms with van der Waals surface area (Å²) in [4.78, 5) is 0. The third-order valence-electron chi connectivity index (χ3n) is 2.30. The van der Waals surface area contributed by atoms with Crippen LogP contribution in [0.4, 0.5) is 13.2 Å². The molecule has 0 saturated heterocycles. The van der Waals surface area contributed by atoms with Crippen LogP contribution >= 0.6 is 0 Å². The molecule has 0 spiro atoms. The maximum absolute atomic E-state index is 11.9. The van der Waals surface area contributed by atoms with Gasteiger partial charge in [-0.1, -0.05) is 18.2 Å². The first-order valence-electron chi connectivity index (χ1n) is 5.39. The van der Waals surface area contributed by atoms with Gasteiger partial charge in [0.2, 0.25) is 0 Å². The number of para-hydroxylation sites is 1. The average Bonchev–Trinajstić information content (AvgIpc) is 2.33. The summed E-state index contributed by atoms with van der Waals surface area (Å²) in [5, 5.41) is 9.78. The van der Waals surface area contributed by atoms with Gasteiger partial charge in [-0.05, 0) is 6.07 Å². The zero-order chi connectivity index (χ0) is 13.6. The molecule has 0 bridgehead atoms. The Bertz CT molecular complexity index is 366. The standard InChI is InChI=1S/C12H15F3O3/c1-17-11-5-3-2-4-9(11)10(16)8-18-7-6-12(13,14)15/h2-5,10,16H,6-8H2,1H3. The van der Waals surface area contributed by atoms with E-state index in [4.69, 9.17) is 9.47 Å². The molecule has 3 nitrogen and oxygen atoms in total. The van der Waals surface area contributed by atoms with E-state index in [0.29, 0.717) is 11.3 Å². The van der Waals surface area contributed by atoms with Gasteiger partial charge in [-0.3, -0.25) is 0 Å². The molecule has 0 radical (unpaired) electrons. The fourth-order valence-corrected chi connectivity index (χ4v) is 1.41. The number of methoxy groups -OCH3 is 1. The van der Waals surface area contributed by atoms with Crippen LogP contribution in [0.15, 0.2) is 24.3 Å². The van der Waals surface area contributed by atoms with E-state index in [9.17, 15) is 18.3 Å². The van der Waals surface area contributed by atoms with Crippen molar-refractivity contribution in [1.29, 1.82) is 0 Å². The minimum Gasteiger partial charge on any atom is -0.496 e. The highest BCUT2D eigenvalue weighted by molar-refractivity contribution is 5.34. The Labute approximate surface area is 103 Å². The highest BCUT2D eigenvalue weighted by atomic mass is 19.4. The second kappa shape index (κ2) is 6.61. The number of aliphatic hydroxyl groups is 1. The summed E-state index contributed by atoms with van der Waals surface area (Å²) < 4.78 is 45.4. The molecule has 0 aliphatic heterocycles. The van der Waals surface area contributed by atoms with Gasteiger partial charge in [0.15, 0.2) is 0 Å². The molecular weight excluding hydrogens is 249 g/mol. The van der Waals surface area contributed by atoms with E-state index in [1.807, 2.05) is 0 Å². The predicted molar refractivity (Wildman–Crippen MR) is 59.4 cm³/mol. The van der Waals surface area contributed by atoms with Gasteiger partial charge in [-0.25, -0.2) is 0 Å². The molecule has 1 rings (SSSR count). The van der Waals surface area contributed by atoms with Crippen molar-refractivity contribution in [1.82, 2.24) is 0 Å². The first-order chi connectivity index (χ1) is 8.44. The maximum atomic E-state index is 11.9. The highest BCUT2D eigenvalue weighted by Gasteiger charge is 2.26. The number of alkyl halides is 3. The first-order valence-corrected chi connectivity index (χ1v) is 5.39. The van der Waals surface area contributed by atoms with Crippen LogP contribution in [0.25, 0.3) is 0 Å². The van der Waals surface area contributed by atoms with Crippen LogP contribution < -0.4 is 4.74 Å². The van der Waals surface area contributed by atoms with Gasteiger partial charge in [0.25, 0.3) is 0 Å². The van der Waals surface area contributed by atoms with Crippen LogP contribution in [0.2, 0.25) is 0 Å². The number of halogens is 3. The summed E-state index contributed by atoms with van der Waals surface area (Å²) in [6.45, 7) is -0.661. The summed E-state index contributed by atoms with van der Waals surface area (Å²) in [5.74, 6) is 0.476. The number of benzene rings is 1. The first kappa shape index (κ1) is 14.8. The molecular formula is C12H15F3O3. The van der Waals surface area contributed by atoms with E-state index in [1.54, 1.807) is 24.3 Å². The molecule has 0 saturated carbocycles. The van der Waals surface area contributed by atoms with E-state index in [1.165, 1.54) is 7.11 Å². The van der Waals surface area contributed by atoms with Crippen molar-refractivity contribution in [2.75, 3.05) is 20.3 Å². The molecule has 0 aliphatic carbocycles. The third kappa shape index (κ3) is 4.93. The lowest BCUT2D eigenvalue weighted by Gasteiger charge is -2.15. The lowest BCUT2D eigenvalue weighted by atomic mass is 10.1. The van der Waals surface area contributed by atoms with Crippen LogP contribution in [0, 0.1) is 0 Å². The lowest BCUT2D eigenvalue weighted by molar-refractivity contribution is -0.147. The van der Waals surface area contributed by atoms with Gasteiger partial charge < -0.3 is 14.6 Å². The molecule has 1 atom stereocenters. The van der Waals surface area contributed by atoms with Crippen molar-refractivity contribution in [3.8, 4) is 5.75 Å². The van der Waals surface area contributed by atoms with Gasteiger partial charge in [-0.2, -0.15) is 13.2 Å². The SMILES string of the molecule is COc1ccccc1C(O)COCCC(F)(F)F. The second-order valence-electron chi connectivity index (χ2n) is 3.70. The van der Waals surface area contributed by atoms with E-state index in [2.05, 4.69) is 0 Å². The second-order valence-corrected chi connectivity index (χ2v) is 3.70. The van der Waals surface area contributed by atoms with Crippen molar-refractivity contribution in [2.45, 2.75) is 18.7 Å². The van der Waals surface area contributed by atoms with E-state index in [0.717, 1.165) is 0 Å². The minimum atomic E-state index is -4.24. The van der Waals surface area contributed by atoms with Crippen molar-refractivity contribution in [2.24, 2.45) is 0 Å². The summed E-state index contributed by atoms with van der Waals surface area (Å²) in [6.07, 6.45) is -6.27. The molecule has 0 fully saturated rings.